The number of aromatic nitrogens is 1. The van der Waals surface area contributed by atoms with Gasteiger partial charge < -0.3 is 19.9 Å². The Morgan fingerprint density at radius 3 is 2.53 bits per heavy atom. The highest BCUT2D eigenvalue weighted by molar-refractivity contribution is 6.05. The molecule has 0 bridgehead atoms. The minimum atomic E-state index is -0.652. The third kappa shape index (κ3) is 4.72. The third-order valence-electron chi connectivity index (χ3n) is 4.33. The van der Waals surface area contributed by atoms with Gasteiger partial charge >= 0.3 is 0 Å². The van der Waals surface area contributed by atoms with Crippen molar-refractivity contribution in [3.8, 4) is 5.75 Å². The van der Waals surface area contributed by atoms with Crippen LogP contribution in [-0.2, 0) is 11.3 Å². The topological polar surface area (TPSA) is 89.4 Å². The summed E-state index contributed by atoms with van der Waals surface area (Å²) in [5.41, 5.74) is 0.416. The highest BCUT2D eigenvalue weighted by Gasteiger charge is 2.16. The molecule has 0 radical (unpaired) electrons. The molecule has 2 N–H and O–H groups in total. The molecule has 1 aromatic heterocycles. The van der Waals surface area contributed by atoms with Gasteiger partial charge in [0.15, 0.2) is 0 Å². The number of methoxy groups -OCH3 is 1. The summed E-state index contributed by atoms with van der Waals surface area (Å²) in [5, 5.41) is 5.25. The van der Waals surface area contributed by atoms with Gasteiger partial charge in [0.05, 0.1) is 19.3 Å². The first-order valence-electron chi connectivity index (χ1n) is 9.09. The predicted molar refractivity (Wildman–Crippen MR) is 111 cm³/mol. The fourth-order valence-electron chi connectivity index (χ4n) is 2.92. The zero-order valence-electron chi connectivity index (χ0n) is 16.4. The molecule has 0 unspecified atom stereocenters. The molecular weight excluding hydrogens is 389 g/mol. The van der Waals surface area contributed by atoms with E-state index in [-0.39, 0.29) is 23.7 Å². The van der Waals surface area contributed by atoms with Crippen LogP contribution in [0.2, 0.25) is 0 Å². The van der Waals surface area contributed by atoms with Crippen LogP contribution in [0.1, 0.15) is 22.8 Å². The van der Waals surface area contributed by atoms with Crippen LogP contribution >= 0.6 is 0 Å². The zero-order valence-corrected chi connectivity index (χ0v) is 16.4. The van der Waals surface area contributed by atoms with Crippen molar-refractivity contribution >= 4 is 23.2 Å². The molecule has 7 nitrogen and oxygen atoms in total. The van der Waals surface area contributed by atoms with E-state index in [2.05, 4.69) is 10.6 Å². The second-order valence-electron chi connectivity index (χ2n) is 6.50. The van der Waals surface area contributed by atoms with Gasteiger partial charge in [0.2, 0.25) is 5.91 Å². The van der Waals surface area contributed by atoms with Gasteiger partial charge in [0, 0.05) is 24.4 Å². The first-order valence-corrected chi connectivity index (χ1v) is 9.09. The quantitative estimate of drug-likeness (QED) is 0.654. The van der Waals surface area contributed by atoms with Crippen molar-refractivity contribution in [2.24, 2.45) is 0 Å². The van der Waals surface area contributed by atoms with Crippen molar-refractivity contribution < 1.29 is 18.7 Å². The Bertz CT molecular complexity index is 1160. The normalized spacial score (nSPS) is 10.4. The number of carbonyl (C=O) groups is 2. The van der Waals surface area contributed by atoms with Crippen LogP contribution in [0.3, 0.4) is 0 Å². The average Bonchev–Trinajstić information content (AvgIpc) is 2.71. The molecule has 0 fully saturated rings. The summed E-state index contributed by atoms with van der Waals surface area (Å²) >= 11 is 0. The molecule has 3 rings (SSSR count). The number of pyridine rings is 1. The van der Waals surface area contributed by atoms with E-state index in [1.807, 2.05) is 0 Å². The summed E-state index contributed by atoms with van der Waals surface area (Å²) in [6, 6.07) is 13.8. The molecule has 1 heterocycles. The lowest BCUT2D eigenvalue weighted by molar-refractivity contribution is -0.114. The van der Waals surface area contributed by atoms with E-state index < -0.39 is 17.3 Å². The monoisotopic (exact) mass is 409 g/mol. The van der Waals surface area contributed by atoms with E-state index in [9.17, 15) is 18.8 Å². The number of halogens is 1. The molecule has 8 heteroatoms. The summed E-state index contributed by atoms with van der Waals surface area (Å²) in [7, 11) is 1.44. The summed E-state index contributed by atoms with van der Waals surface area (Å²) in [5.74, 6) is -0.989. The van der Waals surface area contributed by atoms with Crippen molar-refractivity contribution in [1.29, 1.82) is 0 Å². The van der Waals surface area contributed by atoms with Crippen LogP contribution in [0.15, 0.2) is 65.6 Å². The summed E-state index contributed by atoms with van der Waals surface area (Å²) < 4.78 is 20.4. The van der Waals surface area contributed by atoms with E-state index in [4.69, 9.17) is 4.74 Å². The number of hydrogen-bond acceptors (Lipinski definition) is 4. The van der Waals surface area contributed by atoms with Crippen molar-refractivity contribution in [3.63, 3.8) is 0 Å². The van der Waals surface area contributed by atoms with Crippen LogP contribution in [0, 0.1) is 5.82 Å². The number of rotatable bonds is 6. The molecule has 0 spiro atoms. The number of nitrogens with zero attached hydrogens (tertiary/aromatic N) is 1. The van der Waals surface area contributed by atoms with Gasteiger partial charge in [0.1, 0.15) is 17.1 Å². The molecule has 0 atom stereocenters. The Balaban J connectivity index is 1.88. The largest absolute Gasteiger partial charge is 0.495 e. The number of benzene rings is 2. The van der Waals surface area contributed by atoms with Crippen LogP contribution < -0.4 is 20.9 Å². The van der Waals surface area contributed by atoms with Crippen molar-refractivity contribution in [3.05, 3.63) is 88.1 Å². The molecule has 0 aliphatic carbocycles. The second kappa shape index (κ2) is 9.04. The highest BCUT2D eigenvalue weighted by atomic mass is 19.1. The zero-order chi connectivity index (χ0) is 21.7. The Kier molecular flexibility index (Phi) is 6.26. The molecule has 2 aromatic carbocycles. The second-order valence-corrected chi connectivity index (χ2v) is 6.50. The van der Waals surface area contributed by atoms with Gasteiger partial charge in [-0.1, -0.05) is 18.2 Å². The Hall–Kier alpha value is -3.94. The lowest BCUT2D eigenvalue weighted by atomic mass is 10.2. The number of carbonyl (C=O) groups excluding carboxylic acids is 2. The van der Waals surface area contributed by atoms with Crippen molar-refractivity contribution in [1.82, 2.24) is 4.57 Å². The molecule has 3 aromatic rings. The maximum absolute atomic E-state index is 13.9. The van der Waals surface area contributed by atoms with Crippen molar-refractivity contribution in [2.75, 3.05) is 17.7 Å². The smallest absolute Gasteiger partial charge is 0.263 e. The Labute approximate surface area is 172 Å². The SMILES string of the molecule is COc1ccc(NC(C)=O)cc1NC(=O)c1cccn(Cc2ccccc2F)c1=O. The number of hydrogen-bond donors (Lipinski definition) is 2. The molecule has 2 amide bonds. The van der Waals surface area contributed by atoms with Gasteiger partial charge in [-0.05, 0) is 36.4 Å². The number of ether oxygens (including phenoxy) is 1. The number of nitrogens with one attached hydrogen (secondary N) is 2. The Morgan fingerprint density at radius 2 is 1.83 bits per heavy atom. The van der Waals surface area contributed by atoms with E-state index >= 15 is 0 Å². The predicted octanol–water partition coefficient (Wildman–Crippen LogP) is 3.26. The van der Waals surface area contributed by atoms with Gasteiger partial charge in [-0.2, -0.15) is 0 Å². The molecule has 0 saturated carbocycles. The van der Waals surface area contributed by atoms with Gasteiger partial charge in [-0.3, -0.25) is 14.4 Å². The maximum Gasteiger partial charge on any atom is 0.263 e. The third-order valence-corrected chi connectivity index (χ3v) is 4.33. The highest BCUT2D eigenvalue weighted by Crippen LogP contribution is 2.28. The molecular formula is C22H20FN3O4. The van der Waals surface area contributed by atoms with E-state index in [1.54, 1.807) is 36.4 Å². The molecule has 0 saturated heterocycles. The number of anilines is 2. The lowest BCUT2D eigenvalue weighted by Gasteiger charge is -2.13. The van der Waals surface area contributed by atoms with Crippen molar-refractivity contribution in [2.45, 2.75) is 13.5 Å². The summed E-state index contributed by atoms with van der Waals surface area (Å²) in [4.78, 5) is 36.8. The standard InChI is InChI=1S/C22H20FN3O4/c1-14(27)24-16-9-10-20(30-2)19(12-16)25-21(28)17-7-5-11-26(22(17)29)13-15-6-3-4-8-18(15)23/h3-12H,13H2,1-2H3,(H,24,27)(H,25,28). The van der Waals surface area contributed by atoms with Crippen LogP contribution in [0.25, 0.3) is 0 Å². The first kappa shape index (κ1) is 20.8. The van der Waals surface area contributed by atoms with E-state index in [1.165, 1.54) is 43.0 Å². The lowest BCUT2D eigenvalue weighted by Crippen LogP contribution is -2.29. The van der Waals surface area contributed by atoms with Gasteiger partial charge in [-0.15, -0.1) is 0 Å². The molecule has 0 aliphatic rings. The molecule has 0 aliphatic heterocycles. The summed E-state index contributed by atoms with van der Waals surface area (Å²) in [6.07, 6.45) is 1.49. The van der Waals surface area contributed by atoms with Gasteiger partial charge in [-0.25, -0.2) is 4.39 Å². The number of amides is 2. The van der Waals surface area contributed by atoms with E-state index in [0.717, 1.165) is 0 Å². The fourth-order valence-corrected chi connectivity index (χ4v) is 2.92. The minimum absolute atomic E-state index is 0.00599. The van der Waals surface area contributed by atoms with E-state index in [0.29, 0.717) is 17.0 Å². The molecule has 30 heavy (non-hydrogen) atoms. The summed E-state index contributed by atoms with van der Waals surface area (Å²) in [6.45, 7) is 1.36. The van der Waals surface area contributed by atoms with Crippen LogP contribution in [0.5, 0.6) is 5.75 Å². The van der Waals surface area contributed by atoms with Crippen LogP contribution in [-0.4, -0.2) is 23.5 Å². The van der Waals surface area contributed by atoms with Gasteiger partial charge in [0.25, 0.3) is 11.5 Å². The minimum Gasteiger partial charge on any atom is -0.495 e. The fraction of sp³-hybridized carbons (Fsp3) is 0.136. The average molecular weight is 409 g/mol. The Morgan fingerprint density at radius 1 is 1.07 bits per heavy atom. The van der Waals surface area contributed by atoms with Crippen LogP contribution in [0.4, 0.5) is 15.8 Å². The maximum atomic E-state index is 13.9. The molecule has 154 valence electrons. The first-order chi connectivity index (χ1) is 14.4.